The standard InChI is InChI=1S/C14H30O/c1-4-5-6-8-13(2)9-7-10-14(3)11-12-15/h13-15H,4-12H2,1-3H3. The fraction of sp³-hybridized carbons (Fsp3) is 1.00. The van der Waals surface area contributed by atoms with Gasteiger partial charge >= 0.3 is 0 Å². The van der Waals surface area contributed by atoms with Crippen molar-refractivity contribution in [2.24, 2.45) is 11.8 Å². The maximum atomic E-state index is 8.79. The molecule has 0 aromatic carbocycles. The Morgan fingerprint density at radius 2 is 1.33 bits per heavy atom. The van der Waals surface area contributed by atoms with Crippen LogP contribution in [-0.4, -0.2) is 11.7 Å². The molecule has 1 N–H and O–H groups in total. The van der Waals surface area contributed by atoms with Gasteiger partial charge in [-0.25, -0.2) is 0 Å². The Morgan fingerprint density at radius 3 is 1.87 bits per heavy atom. The Kier molecular flexibility index (Phi) is 10.4. The van der Waals surface area contributed by atoms with E-state index in [2.05, 4.69) is 20.8 Å². The molecule has 0 aliphatic heterocycles. The number of unbranched alkanes of at least 4 members (excludes halogenated alkanes) is 2. The van der Waals surface area contributed by atoms with Crippen LogP contribution in [0.25, 0.3) is 0 Å². The van der Waals surface area contributed by atoms with Crippen molar-refractivity contribution < 1.29 is 5.11 Å². The molecule has 92 valence electrons. The second-order valence-electron chi connectivity index (χ2n) is 5.15. The molecule has 0 aliphatic rings. The molecule has 0 fully saturated rings. The highest BCUT2D eigenvalue weighted by atomic mass is 16.3. The van der Waals surface area contributed by atoms with Gasteiger partial charge in [-0.05, 0) is 18.3 Å². The minimum Gasteiger partial charge on any atom is -0.396 e. The predicted octanol–water partition coefficient (Wildman–Crippen LogP) is 4.39. The first-order valence-electron chi connectivity index (χ1n) is 6.81. The van der Waals surface area contributed by atoms with E-state index in [9.17, 15) is 0 Å². The third kappa shape index (κ3) is 10.2. The van der Waals surface area contributed by atoms with Crippen LogP contribution in [-0.2, 0) is 0 Å². The third-order valence-electron chi connectivity index (χ3n) is 3.32. The molecule has 0 heterocycles. The quantitative estimate of drug-likeness (QED) is 0.535. The monoisotopic (exact) mass is 214 g/mol. The Bertz CT molecular complexity index is 123. The molecule has 0 amide bonds. The molecule has 0 aliphatic carbocycles. The fourth-order valence-electron chi connectivity index (χ4n) is 2.07. The van der Waals surface area contributed by atoms with Crippen LogP contribution >= 0.6 is 0 Å². The summed E-state index contributed by atoms with van der Waals surface area (Å²) in [4.78, 5) is 0. The Morgan fingerprint density at radius 1 is 0.800 bits per heavy atom. The smallest absolute Gasteiger partial charge is 0.0433 e. The number of aliphatic hydroxyl groups is 1. The molecule has 2 atom stereocenters. The summed E-state index contributed by atoms with van der Waals surface area (Å²) in [7, 11) is 0. The topological polar surface area (TPSA) is 20.2 Å². The number of hydrogen-bond donors (Lipinski definition) is 1. The van der Waals surface area contributed by atoms with Crippen molar-refractivity contribution >= 4 is 0 Å². The van der Waals surface area contributed by atoms with Crippen LogP contribution in [0.15, 0.2) is 0 Å². The summed E-state index contributed by atoms with van der Waals surface area (Å²) in [6.07, 6.45) is 10.5. The average Bonchev–Trinajstić information content (AvgIpc) is 2.18. The predicted molar refractivity (Wildman–Crippen MR) is 68.0 cm³/mol. The molecule has 2 unspecified atom stereocenters. The average molecular weight is 214 g/mol. The van der Waals surface area contributed by atoms with Crippen LogP contribution in [0.2, 0.25) is 0 Å². The van der Waals surface area contributed by atoms with Gasteiger partial charge in [0.1, 0.15) is 0 Å². The molecular formula is C14H30O. The Balaban J connectivity index is 3.26. The lowest BCUT2D eigenvalue weighted by Crippen LogP contribution is -2.00. The summed E-state index contributed by atoms with van der Waals surface area (Å²) in [5, 5.41) is 8.79. The first-order chi connectivity index (χ1) is 7.20. The van der Waals surface area contributed by atoms with Gasteiger partial charge in [0.05, 0.1) is 0 Å². The molecule has 1 nitrogen and oxygen atoms in total. The minimum atomic E-state index is 0.354. The second-order valence-corrected chi connectivity index (χ2v) is 5.15. The van der Waals surface area contributed by atoms with E-state index in [1.165, 1.54) is 44.9 Å². The van der Waals surface area contributed by atoms with Crippen molar-refractivity contribution in [1.82, 2.24) is 0 Å². The van der Waals surface area contributed by atoms with E-state index in [4.69, 9.17) is 5.11 Å². The van der Waals surface area contributed by atoms with Crippen molar-refractivity contribution in [1.29, 1.82) is 0 Å². The number of hydrogen-bond acceptors (Lipinski definition) is 1. The molecule has 0 spiro atoms. The van der Waals surface area contributed by atoms with E-state index in [1.807, 2.05) is 0 Å². The van der Waals surface area contributed by atoms with E-state index < -0.39 is 0 Å². The lowest BCUT2D eigenvalue weighted by atomic mass is 9.94. The zero-order valence-electron chi connectivity index (χ0n) is 11.0. The highest BCUT2D eigenvalue weighted by Crippen LogP contribution is 2.19. The van der Waals surface area contributed by atoms with E-state index >= 15 is 0 Å². The maximum Gasteiger partial charge on any atom is 0.0433 e. The van der Waals surface area contributed by atoms with Crippen molar-refractivity contribution in [3.63, 3.8) is 0 Å². The normalized spacial score (nSPS) is 15.2. The summed E-state index contributed by atoms with van der Waals surface area (Å²) in [6.45, 7) is 7.25. The first kappa shape index (κ1) is 15.0. The van der Waals surface area contributed by atoms with Crippen molar-refractivity contribution in [2.75, 3.05) is 6.61 Å². The molecule has 0 radical (unpaired) electrons. The number of rotatable bonds is 10. The van der Waals surface area contributed by atoms with Crippen LogP contribution in [0, 0.1) is 11.8 Å². The highest BCUT2D eigenvalue weighted by molar-refractivity contribution is 4.57. The van der Waals surface area contributed by atoms with Gasteiger partial charge in [-0.1, -0.05) is 65.7 Å². The Labute approximate surface area is 96.3 Å². The van der Waals surface area contributed by atoms with Gasteiger partial charge in [0.25, 0.3) is 0 Å². The lowest BCUT2D eigenvalue weighted by Gasteiger charge is -2.13. The van der Waals surface area contributed by atoms with Gasteiger partial charge < -0.3 is 5.11 Å². The molecule has 0 aromatic rings. The SMILES string of the molecule is CCCCCC(C)CCCC(C)CCO. The van der Waals surface area contributed by atoms with Gasteiger partial charge in [0.15, 0.2) is 0 Å². The molecule has 1 heteroatoms. The van der Waals surface area contributed by atoms with Crippen molar-refractivity contribution in [2.45, 2.75) is 72.1 Å². The highest BCUT2D eigenvalue weighted by Gasteiger charge is 2.04. The minimum absolute atomic E-state index is 0.354. The summed E-state index contributed by atoms with van der Waals surface area (Å²) < 4.78 is 0. The first-order valence-corrected chi connectivity index (χ1v) is 6.81. The summed E-state index contributed by atoms with van der Waals surface area (Å²) in [5.74, 6) is 1.61. The van der Waals surface area contributed by atoms with Gasteiger partial charge in [0, 0.05) is 6.61 Å². The molecule has 0 aromatic heterocycles. The molecular weight excluding hydrogens is 184 g/mol. The molecule has 15 heavy (non-hydrogen) atoms. The van der Waals surface area contributed by atoms with E-state index in [-0.39, 0.29) is 0 Å². The maximum absolute atomic E-state index is 8.79. The van der Waals surface area contributed by atoms with E-state index in [0.29, 0.717) is 12.5 Å². The van der Waals surface area contributed by atoms with Crippen molar-refractivity contribution in [3.8, 4) is 0 Å². The van der Waals surface area contributed by atoms with Crippen LogP contribution in [0.1, 0.15) is 72.1 Å². The summed E-state index contributed by atoms with van der Waals surface area (Å²) in [5.41, 5.74) is 0. The van der Waals surface area contributed by atoms with Gasteiger partial charge in [-0.15, -0.1) is 0 Å². The van der Waals surface area contributed by atoms with Crippen LogP contribution < -0.4 is 0 Å². The molecule has 0 bridgehead atoms. The van der Waals surface area contributed by atoms with Gasteiger partial charge in [-0.2, -0.15) is 0 Å². The second kappa shape index (κ2) is 10.5. The van der Waals surface area contributed by atoms with Gasteiger partial charge in [-0.3, -0.25) is 0 Å². The van der Waals surface area contributed by atoms with Crippen molar-refractivity contribution in [3.05, 3.63) is 0 Å². The largest absolute Gasteiger partial charge is 0.396 e. The molecule has 0 saturated carbocycles. The van der Waals surface area contributed by atoms with Crippen LogP contribution in [0.4, 0.5) is 0 Å². The van der Waals surface area contributed by atoms with Crippen LogP contribution in [0.3, 0.4) is 0 Å². The molecule has 0 saturated heterocycles. The lowest BCUT2D eigenvalue weighted by molar-refractivity contribution is 0.255. The fourth-order valence-corrected chi connectivity index (χ4v) is 2.07. The summed E-state index contributed by atoms with van der Waals surface area (Å²) in [6, 6.07) is 0. The van der Waals surface area contributed by atoms with E-state index in [1.54, 1.807) is 0 Å². The van der Waals surface area contributed by atoms with Crippen LogP contribution in [0.5, 0.6) is 0 Å². The summed E-state index contributed by atoms with van der Waals surface area (Å²) >= 11 is 0. The van der Waals surface area contributed by atoms with Gasteiger partial charge in [0.2, 0.25) is 0 Å². The van der Waals surface area contributed by atoms with E-state index in [0.717, 1.165) is 12.3 Å². The molecule has 0 rings (SSSR count). The zero-order valence-corrected chi connectivity index (χ0v) is 11.0. The third-order valence-corrected chi connectivity index (χ3v) is 3.32. The Hall–Kier alpha value is -0.0400. The number of aliphatic hydroxyl groups excluding tert-OH is 1. The zero-order chi connectivity index (χ0) is 11.5.